The van der Waals surface area contributed by atoms with Crippen molar-refractivity contribution in [2.75, 3.05) is 0 Å². The summed E-state index contributed by atoms with van der Waals surface area (Å²) in [6.45, 7) is 9.41. The van der Waals surface area contributed by atoms with E-state index in [-0.39, 0.29) is 0 Å². The fraction of sp³-hybridized carbons (Fsp3) is 0.929. The standard InChI is InChI=1S/C42H83N2/c1-4-7-10-13-15-17-19-21-22-23-25-27-29-31-33-36-39-44-41-40-43(42(44)37-34-12-9-6-3)38-35-32-30-28-26-24-20-18-16-14-11-8-5-2/h40-41H,4-39H2,1-3H3/q+1. The van der Waals surface area contributed by atoms with Gasteiger partial charge in [-0.3, -0.25) is 0 Å². The number of imidazole rings is 1. The molecule has 0 saturated carbocycles. The van der Waals surface area contributed by atoms with Gasteiger partial charge in [0.1, 0.15) is 12.4 Å². The van der Waals surface area contributed by atoms with Gasteiger partial charge in [-0.1, -0.05) is 201 Å². The first-order valence-electron chi connectivity index (χ1n) is 20.9. The van der Waals surface area contributed by atoms with Crippen molar-refractivity contribution in [3.8, 4) is 0 Å². The van der Waals surface area contributed by atoms with Crippen molar-refractivity contribution in [2.24, 2.45) is 0 Å². The molecule has 2 nitrogen and oxygen atoms in total. The molecule has 1 aromatic heterocycles. The van der Waals surface area contributed by atoms with Crippen LogP contribution in [0.1, 0.15) is 238 Å². The van der Waals surface area contributed by atoms with Crippen molar-refractivity contribution < 1.29 is 4.57 Å². The molecule has 0 saturated heterocycles. The minimum atomic E-state index is 1.23. The Bertz CT molecular complexity index is 677. The maximum atomic E-state index is 2.62. The summed E-state index contributed by atoms with van der Waals surface area (Å²) in [4.78, 5) is 0. The van der Waals surface area contributed by atoms with E-state index in [0.717, 1.165) is 0 Å². The van der Waals surface area contributed by atoms with Crippen molar-refractivity contribution in [3.63, 3.8) is 0 Å². The maximum absolute atomic E-state index is 2.62. The molecule has 44 heavy (non-hydrogen) atoms. The van der Waals surface area contributed by atoms with Crippen LogP contribution in [0.5, 0.6) is 0 Å². The molecule has 0 aliphatic rings. The molecule has 0 aromatic carbocycles. The van der Waals surface area contributed by atoms with Crippen molar-refractivity contribution in [1.82, 2.24) is 4.57 Å². The van der Waals surface area contributed by atoms with Crippen molar-refractivity contribution >= 4 is 0 Å². The van der Waals surface area contributed by atoms with E-state index < -0.39 is 0 Å². The predicted molar refractivity (Wildman–Crippen MR) is 198 cm³/mol. The summed E-state index contributed by atoms with van der Waals surface area (Å²) in [6.07, 6.45) is 53.4. The van der Waals surface area contributed by atoms with Crippen LogP contribution >= 0.6 is 0 Å². The third kappa shape index (κ3) is 25.4. The SMILES string of the molecule is CCCCCCCCCCCCCCCCCCn1cc[n+](CCCCCCCCCCCCCCC)c1CCCCCC. The first-order valence-corrected chi connectivity index (χ1v) is 20.9. The molecular formula is C42H83N2+. The van der Waals surface area contributed by atoms with Gasteiger partial charge >= 0.3 is 0 Å². The van der Waals surface area contributed by atoms with Crippen LogP contribution in [0.25, 0.3) is 0 Å². The largest absolute Gasteiger partial charge is 0.256 e. The Morgan fingerprint density at radius 3 is 1.09 bits per heavy atom. The van der Waals surface area contributed by atoms with Gasteiger partial charge in [0.05, 0.1) is 13.1 Å². The first-order chi connectivity index (χ1) is 21.8. The van der Waals surface area contributed by atoms with Gasteiger partial charge in [-0.15, -0.1) is 0 Å². The van der Waals surface area contributed by atoms with Gasteiger partial charge < -0.3 is 0 Å². The van der Waals surface area contributed by atoms with Crippen LogP contribution < -0.4 is 4.57 Å². The zero-order valence-electron chi connectivity index (χ0n) is 31.0. The minimum absolute atomic E-state index is 1.23. The van der Waals surface area contributed by atoms with Crippen LogP contribution in [0.4, 0.5) is 0 Å². The van der Waals surface area contributed by atoms with E-state index in [0.29, 0.717) is 0 Å². The molecule has 0 bridgehead atoms. The molecule has 0 amide bonds. The molecule has 0 unspecified atom stereocenters. The lowest BCUT2D eigenvalue weighted by atomic mass is 10.0. The predicted octanol–water partition coefficient (Wildman–Crippen LogP) is 14.3. The molecule has 0 aliphatic heterocycles. The fourth-order valence-electron chi connectivity index (χ4n) is 7.03. The lowest BCUT2D eigenvalue weighted by Gasteiger charge is -2.07. The number of nitrogens with zero attached hydrogens (tertiary/aromatic N) is 2. The van der Waals surface area contributed by atoms with Crippen LogP contribution in [0, 0.1) is 0 Å². The quantitative estimate of drug-likeness (QED) is 0.0524. The van der Waals surface area contributed by atoms with Gasteiger partial charge in [0.25, 0.3) is 5.82 Å². The fourth-order valence-corrected chi connectivity index (χ4v) is 7.03. The zero-order chi connectivity index (χ0) is 31.6. The average Bonchev–Trinajstić information content (AvgIpc) is 3.42. The highest BCUT2D eigenvalue weighted by molar-refractivity contribution is 4.84. The molecule has 0 fully saturated rings. The molecule has 0 radical (unpaired) electrons. The molecule has 260 valence electrons. The van der Waals surface area contributed by atoms with Crippen LogP contribution in [0.15, 0.2) is 12.4 Å². The van der Waals surface area contributed by atoms with Gasteiger partial charge in [-0.2, -0.15) is 0 Å². The Morgan fingerprint density at radius 2 is 0.705 bits per heavy atom. The molecule has 0 spiro atoms. The van der Waals surface area contributed by atoms with Crippen molar-refractivity contribution in [3.05, 3.63) is 18.2 Å². The summed E-state index contributed by atoms with van der Waals surface area (Å²) >= 11 is 0. The van der Waals surface area contributed by atoms with Gasteiger partial charge in [0, 0.05) is 6.42 Å². The van der Waals surface area contributed by atoms with E-state index in [9.17, 15) is 0 Å². The van der Waals surface area contributed by atoms with E-state index in [1.54, 1.807) is 5.82 Å². The summed E-state index contributed by atoms with van der Waals surface area (Å²) in [5, 5.41) is 0. The van der Waals surface area contributed by atoms with E-state index in [1.807, 2.05) is 0 Å². The highest BCUT2D eigenvalue weighted by Crippen LogP contribution is 2.16. The Labute approximate surface area is 279 Å². The third-order valence-corrected chi connectivity index (χ3v) is 10.1. The van der Waals surface area contributed by atoms with E-state index in [4.69, 9.17) is 0 Å². The number of aromatic nitrogens is 2. The van der Waals surface area contributed by atoms with Crippen LogP contribution in [-0.4, -0.2) is 4.57 Å². The smallest absolute Gasteiger partial charge is 0.234 e. The normalized spacial score (nSPS) is 11.6. The summed E-state index contributed by atoms with van der Waals surface area (Å²) in [5.74, 6) is 1.61. The molecular weight excluding hydrogens is 532 g/mol. The molecule has 0 aliphatic carbocycles. The highest BCUT2D eigenvalue weighted by atomic mass is 15.1. The van der Waals surface area contributed by atoms with Crippen molar-refractivity contribution in [1.29, 1.82) is 0 Å². The second-order valence-corrected chi connectivity index (χ2v) is 14.5. The molecule has 0 N–H and O–H groups in total. The number of unbranched alkanes of at least 4 members (excludes halogenated alkanes) is 30. The zero-order valence-corrected chi connectivity index (χ0v) is 31.0. The van der Waals surface area contributed by atoms with Crippen LogP contribution in [0.3, 0.4) is 0 Å². The third-order valence-electron chi connectivity index (χ3n) is 10.1. The highest BCUT2D eigenvalue weighted by Gasteiger charge is 2.16. The summed E-state index contributed by atoms with van der Waals surface area (Å²) < 4.78 is 5.25. The Kier molecular flexibility index (Phi) is 31.5. The average molecular weight is 616 g/mol. The van der Waals surface area contributed by atoms with Crippen LogP contribution in [0.2, 0.25) is 0 Å². The van der Waals surface area contributed by atoms with Gasteiger partial charge in [-0.05, 0) is 32.1 Å². The Morgan fingerprint density at radius 1 is 0.386 bits per heavy atom. The lowest BCUT2D eigenvalue weighted by molar-refractivity contribution is -0.704. The van der Waals surface area contributed by atoms with E-state index >= 15 is 0 Å². The van der Waals surface area contributed by atoms with Crippen molar-refractivity contribution in [2.45, 2.75) is 252 Å². The Hall–Kier alpha value is -0.790. The molecule has 0 atom stereocenters. The second-order valence-electron chi connectivity index (χ2n) is 14.5. The van der Waals surface area contributed by atoms with E-state index in [1.165, 1.54) is 231 Å². The lowest BCUT2D eigenvalue weighted by Crippen LogP contribution is -2.37. The van der Waals surface area contributed by atoms with Gasteiger partial charge in [-0.25, -0.2) is 9.13 Å². The summed E-state index contributed by atoms with van der Waals surface area (Å²) in [7, 11) is 0. The number of hydrogen-bond acceptors (Lipinski definition) is 0. The topological polar surface area (TPSA) is 8.81 Å². The van der Waals surface area contributed by atoms with E-state index in [2.05, 4.69) is 42.3 Å². The van der Waals surface area contributed by atoms with Gasteiger partial charge in [0.2, 0.25) is 0 Å². The Balaban J connectivity index is 2.12. The second kappa shape index (κ2) is 33.6. The first kappa shape index (κ1) is 41.2. The maximum Gasteiger partial charge on any atom is 0.256 e. The van der Waals surface area contributed by atoms with Gasteiger partial charge in [0.15, 0.2) is 0 Å². The number of rotatable bonds is 36. The monoisotopic (exact) mass is 616 g/mol. The number of aryl methyl sites for hydroxylation is 2. The summed E-state index contributed by atoms with van der Waals surface area (Å²) in [5.41, 5.74) is 0. The number of hydrogen-bond donors (Lipinski definition) is 0. The minimum Gasteiger partial charge on any atom is -0.234 e. The molecule has 1 heterocycles. The van der Waals surface area contributed by atoms with Crippen LogP contribution in [-0.2, 0) is 19.5 Å². The summed E-state index contributed by atoms with van der Waals surface area (Å²) in [6, 6.07) is 0. The molecule has 1 aromatic rings. The molecule has 2 heteroatoms. The molecule has 1 rings (SSSR count).